The van der Waals surface area contributed by atoms with E-state index >= 15 is 0 Å². The molecule has 0 amide bonds. The van der Waals surface area contributed by atoms with Crippen molar-refractivity contribution < 1.29 is 9.84 Å². The first-order valence-corrected chi connectivity index (χ1v) is 9.37. The highest BCUT2D eigenvalue weighted by Crippen LogP contribution is 2.52. The van der Waals surface area contributed by atoms with Crippen LogP contribution in [0.25, 0.3) is 0 Å². The van der Waals surface area contributed by atoms with Crippen molar-refractivity contribution in [2.75, 3.05) is 19.7 Å². The lowest BCUT2D eigenvalue weighted by atomic mass is 9.65. The lowest BCUT2D eigenvalue weighted by Crippen LogP contribution is -2.39. The first kappa shape index (κ1) is 18.2. The fourth-order valence-corrected chi connectivity index (χ4v) is 5.13. The molecule has 2 fully saturated rings. The summed E-state index contributed by atoms with van der Waals surface area (Å²) in [5.41, 5.74) is 1.91. The highest BCUT2D eigenvalue weighted by Gasteiger charge is 2.49. The highest BCUT2D eigenvalue weighted by atomic mass is 35.5. The maximum Gasteiger partial charge on any atom is 0.0900 e. The van der Waals surface area contributed by atoms with E-state index < -0.39 is 6.10 Å². The minimum absolute atomic E-state index is 0.381. The SMILES string of the molecule is CC1(C)C[C@@H]2C[C@@](C)(CN2C[C@H](O)COCc2ccc(Cl)cc2)C1. The maximum atomic E-state index is 10.4. The maximum absolute atomic E-state index is 10.4. The molecule has 2 bridgehead atoms. The second kappa shape index (κ2) is 6.95. The molecule has 1 aliphatic carbocycles. The quantitative estimate of drug-likeness (QED) is 0.836. The van der Waals surface area contributed by atoms with E-state index in [1.807, 2.05) is 24.3 Å². The van der Waals surface area contributed by atoms with E-state index in [0.29, 0.717) is 30.1 Å². The van der Waals surface area contributed by atoms with Gasteiger partial charge in [0.2, 0.25) is 0 Å². The van der Waals surface area contributed by atoms with Crippen LogP contribution in [0.5, 0.6) is 0 Å². The molecule has 24 heavy (non-hydrogen) atoms. The topological polar surface area (TPSA) is 32.7 Å². The minimum atomic E-state index is -0.427. The Labute approximate surface area is 150 Å². The van der Waals surface area contributed by atoms with Crippen LogP contribution in [0, 0.1) is 10.8 Å². The van der Waals surface area contributed by atoms with E-state index in [1.165, 1.54) is 19.3 Å². The van der Waals surface area contributed by atoms with E-state index in [9.17, 15) is 5.11 Å². The summed E-state index contributed by atoms with van der Waals surface area (Å²) in [6.07, 6.45) is 3.37. The second-order valence-electron chi connectivity index (χ2n) is 8.94. The van der Waals surface area contributed by atoms with E-state index in [0.717, 1.165) is 23.7 Å². The summed E-state index contributed by atoms with van der Waals surface area (Å²) < 4.78 is 5.69. The third kappa shape index (κ3) is 4.51. The Balaban J connectivity index is 1.45. The lowest BCUT2D eigenvalue weighted by molar-refractivity contribution is 0.00606. The predicted molar refractivity (Wildman–Crippen MR) is 98.2 cm³/mol. The largest absolute Gasteiger partial charge is 0.389 e. The molecule has 0 unspecified atom stereocenters. The van der Waals surface area contributed by atoms with Gasteiger partial charge < -0.3 is 9.84 Å². The van der Waals surface area contributed by atoms with Gasteiger partial charge in [0.25, 0.3) is 0 Å². The second-order valence-corrected chi connectivity index (χ2v) is 9.38. The van der Waals surface area contributed by atoms with Gasteiger partial charge in [-0.3, -0.25) is 4.90 Å². The molecule has 0 aromatic heterocycles. The molecular weight excluding hydrogens is 322 g/mol. The molecule has 1 N–H and O–H groups in total. The molecule has 1 heterocycles. The number of benzene rings is 1. The van der Waals surface area contributed by atoms with Gasteiger partial charge in [-0.15, -0.1) is 0 Å². The first-order valence-electron chi connectivity index (χ1n) is 8.99. The van der Waals surface area contributed by atoms with Crippen LogP contribution in [0.15, 0.2) is 24.3 Å². The summed E-state index contributed by atoms with van der Waals surface area (Å²) >= 11 is 5.88. The lowest BCUT2D eigenvalue weighted by Gasteiger charge is -2.40. The number of hydrogen-bond donors (Lipinski definition) is 1. The van der Waals surface area contributed by atoms with Crippen LogP contribution in [0.2, 0.25) is 5.02 Å². The average Bonchev–Trinajstić information content (AvgIpc) is 2.69. The third-order valence-corrected chi connectivity index (χ3v) is 5.71. The van der Waals surface area contributed by atoms with E-state index in [1.54, 1.807) is 0 Å². The Morgan fingerprint density at radius 1 is 1.25 bits per heavy atom. The van der Waals surface area contributed by atoms with Crippen LogP contribution >= 0.6 is 11.6 Å². The van der Waals surface area contributed by atoms with Crippen molar-refractivity contribution in [3.63, 3.8) is 0 Å². The van der Waals surface area contributed by atoms with Gasteiger partial charge in [0.15, 0.2) is 0 Å². The van der Waals surface area contributed by atoms with Gasteiger partial charge in [-0.2, -0.15) is 0 Å². The number of aliphatic hydroxyl groups is 1. The van der Waals surface area contributed by atoms with Gasteiger partial charge in [-0.1, -0.05) is 44.5 Å². The van der Waals surface area contributed by atoms with Gasteiger partial charge in [-0.05, 0) is 47.8 Å². The molecule has 2 aliphatic rings. The van der Waals surface area contributed by atoms with Crippen molar-refractivity contribution in [2.24, 2.45) is 10.8 Å². The molecule has 1 aromatic rings. The Morgan fingerprint density at radius 3 is 2.67 bits per heavy atom. The number of halogens is 1. The normalized spacial score (nSPS) is 30.5. The number of rotatable bonds is 6. The number of aliphatic hydroxyl groups excluding tert-OH is 1. The molecule has 0 radical (unpaired) electrons. The van der Waals surface area contributed by atoms with Crippen molar-refractivity contribution in [3.8, 4) is 0 Å². The summed E-state index contributed by atoms with van der Waals surface area (Å²) in [5, 5.41) is 11.1. The molecule has 4 heteroatoms. The van der Waals surface area contributed by atoms with Crippen molar-refractivity contribution in [1.82, 2.24) is 4.90 Å². The first-order chi connectivity index (χ1) is 11.2. The van der Waals surface area contributed by atoms with Crippen molar-refractivity contribution in [3.05, 3.63) is 34.9 Å². The number of β-amino-alcohol motifs (C(OH)–C–C–N with tert-alkyl or cyclic N) is 1. The average molecular weight is 352 g/mol. The fraction of sp³-hybridized carbons (Fsp3) is 0.700. The summed E-state index contributed by atoms with van der Waals surface area (Å²) in [7, 11) is 0. The van der Waals surface area contributed by atoms with Gasteiger partial charge in [0, 0.05) is 24.2 Å². The molecule has 0 spiro atoms. The molecule has 3 atom stereocenters. The Kier molecular flexibility index (Phi) is 5.27. The molecule has 1 saturated heterocycles. The molecule has 3 nitrogen and oxygen atoms in total. The predicted octanol–water partition coefficient (Wildman–Crippen LogP) is 4.12. The van der Waals surface area contributed by atoms with E-state index in [4.69, 9.17) is 16.3 Å². The summed E-state index contributed by atoms with van der Waals surface area (Å²) in [6.45, 7) is 9.89. The minimum Gasteiger partial charge on any atom is -0.389 e. The fourth-order valence-electron chi connectivity index (χ4n) is 5.01. The smallest absolute Gasteiger partial charge is 0.0900 e. The number of nitrogens with zero attached hydrogens (tertiary/aromatic N) is 1. The van der Waals surface area contributed by atoms with Gasteiger partial charge >= 0.3 is 0 Å². The van der Waals surface area contributed by atoms with E-state index in [2.05, 4.69) is 25.7 Å². The molecule has 3 rings (SSSR count). The number of hydrogen-bond acceptors (Lipinski definition) is 3. The van der Waals surface area contributed by atoms with Crippen LogP contribution < -0.4 is 0 Å². The number of likely N-dealkylation sites (tertiary alicyclic amines) is 1. The van der Waals surface area contributed by atoms with Gasteiger partial charge in [0.05, 0.1) is 19.3 Å². The van der Waals surface area contributed by atoms with Crippen molar-refractivity contribution in [2.45, 2.75) is 58.8 Å². The zero-order valence-corrected chi connectivity index (χ0v) is 15.9. The van der Waals surface area contributed by atoms with Crippen LogP contribution in [-0.4, -0.2) is 41.8 Å². The molecule has 1 saturated carbocycles. The van der Waals surface area contributed by atoms with Crippen LogP contribution in [0.3, 0.4) is 0 Å². The molecule has 134 valence electrons. The molecular formula is C20H30ClNO2. The Hall–Kier alpha value is -0.610. The summed E-state index contributed by atoms with van der Waals surface area (Å²) in [4.78, 5) is 2.49. The summed E-state index contributed by atoms with van der Waals surface area (Å²) in [6, 6.07) is 8.26. The highest BCUT2D eigenvalue weighted by molar-refractivity contribution is 6.30. The summed E-state index contributed by atoms with van der Waals surface area (Å²) in [5.74, 6) is 0. The van der Waals surface area contributed by atoms with Crippen LogP contribution in [-0.2, 0) is 11.3 Å². The molecule has 1 aliphatic heterocycles. The van der Waals surface area contributed by atoms with Crippen LogP contribution in [0.1, 0.15) is 45.6 Å². The molecule has 1 aromatic carbocycles. The number of fused-ring (bicyclic) bond motifs is 2. The third-order valence-electron chi connectivity index (χ3n) is 5.46. The van der Waals surface area contributed by atoms with Gasteiger partial charge in [0.1, 0.15) is 0 Å². The van der Waals surface area contributed by atoms with Gasteiger partial charge in [-0.25, -0.2) is 0 Å². The monoisotopic (exact) mass is 351 g/mol. The Morgan fingerprint density at radius 2 is 1.96 bits per heavy atom. The standard InChI is InChI=1S/C20H30ClNO2/c1-19(2)8-17-9-20(3,13-19)14-22(17)10-18(23)12-24-11-15-4-6-16(21)7-5-15/h4-7,17-18,23H,8-14H2,1-3H3/t17-,18+,20-/m1/s1. The zero-order valence-electron chi connectivity index (χ0n) is 15.1. The van der Waals surface area contributed by atoms with Crippen LogP contribution in [0.4, 0.5) is 0 Å². The van der Waals surface area contributed by atoms with Crippen molar-refractivity contribution >= 4 is 11.6 Å². The van der Waals surface area contributed by atoms with Crippen molar-refractivity contribution in [1.29, 1.82) is 0 Å². The van der Waals surface area contributed by atoms with E-state index in [-0.39, 0.29) is 0 Å². The number of ether oxygens (including phenoxy) is 1. The Bertz CT molecular complexity index is 559. The zero-order chi connectivity index (χ0) is 17.4.